The summed E-state index contributed by atoms with van der Waals surface area (Å²) in [5.41, 5.74) is 7.07. The van der Waals surface area contributed by atoms with Crippen LogP contribution in [0.25, 0.3) is 0 Å². The van der Waals surface area contributed by atoms with Crippen LogP contribution in [0.15, 0.2) is 23.3 Å². The number of hydrazone groups is 1. The Bertz CT molecular complexity index is 535. The van der Waals surface area contributed by atoms with E-state index < -0.39 is 0 Å². The van der Waals surface area contributed by atoms with E-state index in [0.717, 1.165) is 24.1 Å². The zero-order valence-corrected chi connectivity index (χ0v) is 16.0. The number of carbonyl (C=O) groups excluding carboxylic acids is 1. The summed E-state index contributed by atoms with van der Waals surface area (Å²) >= 11 is 0. The molecule has 1 aromatic rings. The molecular weight excluding hydrogens is 296 g/mol. The van der Waals surface area contributed by atoms with Crippen molar-refractivity contribution >= 4 is 11.6 Å². The van der Waals surface area contributed by atoms with Gasteiger partial charge in [0.05, 0.1) is 5.71 Å². The molecule has 0 heterocycles. The molecule has 0 fully saturated rings. The van der Waals surface area contributed by atoms with E-state index in [-0.39, 0.29) is 5.91 Å². The van der Waals surface area contributed by atoms with E-state index in [1.165, 1.54) is 49.7 Å². The minimum atomic E-state index is 0.0186. The fourth-order valence-corrected chi connectivity index (χ4v) is 2.90. The highest BCUT2D eigenvalue weighted by molar-refractivity contribution is 6.00. The zero-order chi connectivity index (χ0) is 17.8. The monoisotopic (exact) mass is 330 g/mol. The molecule has 0 aromatic heterocycles. The Morgan fingerprint density at radius 3 is 2.25 bits per heavy atom. The quantitative estimate of drug-likeness (QED) is 0.317. The summed E-state index contributed by atoms with van der Waals surface area (Å²) in [6.07, 6.45) is 10.5. The molecule has 0 atom stereocenters. The maximum atomic E-state index is 11.9. The maximum Gasteiger partial charge on any atom is 0.240 e. The van der Waals surface area contributed by atoms with E-state index in [9.17, 15) is 4.79 Å². The van der Waals surface area contributed by atoms with Gasteiger partial charge in [0.15, 0.2) is 0 Å². The summed E-state index contributed by atoms with van der Waals surface area (Å²) < 4.78 is 0. The molecule has 0 saturated carbocycles. The summed E-state index contributed by atoms with van der Waals surface area (Å²) in [7, 11) is 0. The second-order valence-electron chi connectivity index (χ2n) is 6.78. The normalized spacial score (nSPS) is 11.6. The first kappa shape index (κ1) is 20.4. The molecule has 0 saturated heterocycles. The van der Waals surface area contributed by atoms with Crippen LogP contribution in [0, 0.1) is 13.8 Å². The number of rotatable bonds is 11. The minimum absolute atomic E-state index is 0.0186. The first-order valence-electron chi connectivity index (χ1n) is 9.45. The Balaban J connectivity index is 2.23. The van der Waals surface area contributed by atoms with Crippen LogP contribution in [0.3, 0.4) is 0 Å². The van der Waals surface area contributed by atoms with Crippen molar-refractivity contribution in [3.05, 3.63) is 34.9 Å². The van der Waals surface area contributed by atoms with E-state index in [4.69, 9.17) is 0 Å². The molecule has 1 aromatic carbocycles. The molecule has 3 heteroatoms. The summed E-state index contributed by atoms with van der Waals surface area (Å²) in [6.45, 7) is 8.33. The Morgan fingerprint density at radius 1 is 1.00 bits per heavy atom. The molecule has 0 aliphatic rings. The lowest BCUT2D eigenvalue weighted by Crippen LogP contribution is -2.19. The van der Waals surface area contributed by atoms with Crippen molar-refractivity contribution in [2.24, 2.45) is 5.10 Å². The Labute approximate surface area is 147 Å². The smallest absolute Gasteiger partial charge is 0.240 e. The molecule has 1 amide bonds. The summed E-state index contributed by atoms with van der Waals surface area (Å²) in [5.74, 6) is 0.0186. The topological polar surface area (TPSA) is 41.5 Å². The van der Waals surface area contributed by atoms with Crippen molar-refractivity contribution in [2.45, 2.75) is 85.5 Å². The summed E-state index contributed by atoms with van der Waals surface area (Å²) in [4.78, 5) is 11.9. The fourth-order valence-electron chi connectivity index (χ4n) is 2.90. The van der Waals surface area contributed by atoms with Crippen LogP contribution >= 0.6 is 0 Å². The number of benzene rings is 1. The van der Waals surface area contributed by atoms with Crippen LogP contribution < -0.4 is 5.43 Å². The van der Waals surface area contributed by atoms with E-state index >= 15 is 0 Å². The molecule has 0 unspecified atom stereocenters. The van der Waals surface area contributed by atoms with Crippen molar-refractivity contribution in [3.63, 3.8) is 0 Å². The number of nitrogens with zero attached hydrogens (tertiary/aromatic N) is 1. The van der Waals surface area contributed by atoms with Crippen LogP contribution in [0.1, 0.15) is 88.3 Å². The molecule has 0 aliphatic heterocycles. The number of carbonyl (C=O) groups is 1. The second-order valence-corrected chi connectivity index (χ2v) is 6.78. The maximum absolute atomic E-state index is 11.9. The second kappa shape index (κ2) is 11.8. The molecule has 0 bridgehead atoms. The number of hydrogen-bond donors (Lipinski definition) is 1. The SMILES string of the molecule is CCCCCCCCCCC(=O)N/N=C(\C)c1ccc(C)cc1C. The number of unbranched alkanes of at least 4 members (excludes halogenated alkanes) is 7. The van der Waals surface area contributed by atoms with Crippen molar-refractivity contribution in [3.8, 4) is 0 Å². The van der Waals surface area contributed by atoms with Gasteiger partial charge >= 0.3 is 0 Å². The van der Waals surface area contributed by atoms with Gasteiger partial charge in [0.1, 0.15) is 0 Å². The fraction of sp³-hybridized carbons (Fsp3) is 0.619. The average molecular weight is 331 g/mol. The van der Waals surface area contributed by atoms with Gasteiger partial charge in [-0.3, -0.25) is 4.79 Å². The van der Waals surface area contributed by atoms with Crippen LogP contribution in [-0.2, 0) is 4.79 Å². The highest BCUT2D eigenvalue weighted by Gasteiger charge is 2.04. The van der Waals surface area contributed by atoms with Gasteiger partial charge in [-0.2, -0.15) is 5.10 Å². The molecule has 24 heavy (non-hydrogen) atoms. The van der Waals surface area contributed by atoms with Gasteiger partial charge in [0.25, 0.3) is 0 Å². The first-order valence-corrected chi connectivity index (χ1v) is 9.45. The number of aryl methyl sites for hydroxylation is 2. The summed E-state index contributed by atoms with van der Waals surface area (Å²) in [6, 6.07) is 6.27. The van der Waals surface area contributed by atoms with Crippen LogP contribution in [-0.4, -0.2) is 11.6 Å². The van der Waals surface area contributed by atoms with Crippen LogP contribution in [0.5, 0.6) is 0 Å². The molecule has 0 aliphatic carbocycles. The van der Waals surface area contributed by atoms with Gasteiger partial charge in [-0.25, -0.2) is 5.43 Å². The lowest BCUT2D eigenvalue weighted by molar-refractivity contribution is -0.121. The Kier molecular flexibility index (Phi) is 10.1. The standard InChI is InChI=1S/C21H34N2O/c1-5-6-7-8-9-10-11-12-13-21(24)23-22-19(4)20-15-14-17(2)16-18(20)3/h14-16H,5-13H2,1-4H3,(H,23,24)/b22-19+. The molecule has 1 N–H and O–H groups in total. The van der Waals surface area contributed by atoms with E-state index in [2.05, 4.69) is 49.5 Å². The zero-order valence-electron chi connectivity index (χ0n) is 16.0. The largest absolute Gasteiger partial charge is 0.273 e. The average Bonchev–Trinajstić information content (AvgIpc) is 2.55. The van der Waals surface area contributed by atoms with Gasteiger partial charge < -0.3 is 0 Å². The van der Waals surface area contributed by atoms with Crippen molar-refractivity contribution in [2.75, 3.05) is 0 Å². The number of amides is 1. The van der Waals surface area contributed by atoms with Gasteiger partial charge in [-0.05, 0) is 32.8 Å². The van der Waals surface area contributed by atoms with Crippen molar-refractivity contribution < 1.29 is 4.79 Å². The third-order valence-corrected chi connectivity index (χ3v) is 4.38. The molecule has 3 nitrogen and oxygen atoms in total. The molecular formula is C21H34N2O. The predicted octanol–water partition coefficient (Wildman–Crippen LogP) is 5.67. The third-order valence-electron chi connectivity index (χ3n) is 4.38. The molecule has 1 rings (SSSR count). The Hall–Kier alpha value is -1.64. The molecule has 0 radical (unpaired) electrons. The third kappa shape index (κ3) is 8.28. The van der Waals surface area contributed by atoms with Gasteiger partial charge in [-0.15, -0.1) is 0 Å². The highest BCUT2D eigenvalue weighted by Crippen LogP contribution is 2.12. The van der Waals surface area contributed by atoms with Crippen LogP contribution in [0.2, 0.25) is 0 Å². The van der Waals surface area contributed by atoms with Gasteiger partial charge in [0, 0.05) is 12.0 Å². The minimum Gasteiger partial charge on any atom is -0.273 e. The predicted molar refractivity (Wildman–Crippen MR) is 103 cm³/mol. The van der Waals surface area contributed by atoms with Gasteiger partial charge in [-0.1, -0.05) is 75.6 Å². The highest BCUT2D eigenvalue weighted by atomic mass is 16.2. The Morgan fingerprint density at radius 2 is 1.62 bits per heavy atom. The van der Waals surface area contributed by atoms with Crippen molar-refractivity contribution in [1.82, 2.24) is 5.43 Å². The molecule has 0 spiro atoms. The van der Waals surface area contributed by atoms with Gasteiger partial charge in [0.2, 0.25) is 5.91 Å². The summed E-state index contributed by atoms with van der Waals surface area (Å²) in [5, 5.41) is 4.25. The van der Waals surface area contributed by atoms with Crippen LogP contribution in [0.4, 0.5) is 0 Å². The van der Waals surface area contributed by atoms with E-state index in [1.807, 2.05) is 6.92 Å². The van der Waals surface area contributed by atoms with E-state index in [0.29, 0.717) is 6.42 Å². The lowest BCUT2D eigenvalue weighted by Gasteiger charge is -2.07. The van der Waals surface area contributed by atoms with E-state index in [1.54, 1.807) is 0 Å². The number of hydrogen-bond acceptors (Lipinski definition) is 2. The first-order chi connectivity index (χ1) is 11.5. The number of nitrogens with one attached hydrogen (secondary N) is 1. The van der Waals surface area contributed by atoms with Crippen molar-refractivity contribution in [1.29, 1.82) is 0 Å². The lowest BCUT2D eigenvalue weighted by atomic mass is 10.0. The molecule has 134 valence electrons.